The van der Waals surface area contributed by atoms with E-state index in [1.54, 1.807) is 13.0 Å². The van der Waals surface area contributed by atoms with Crippen molar-refractivity contribution < 1.29 is 23.4 Å². The molecule has 4 rings (SSSR count). The van der Waals surface area contributed by atoms with Gasteiger partial charge in [-0.05, 0) is 49.4 Å². The lowest BCUT2D eigenvalue weighted by molar-refractivity contribution is 0.0320. The second-order valence-electron chi connectivity index (χ2n) is 8.25. The van der Waals surface area contributed by atoms with Crippen molar-refractivity contribution in [1.29, 1.82) is 0 Å². The number of benzene rings is 2. The van der Waals surface area contributed by atoms with E-state index in [1.807, 2.05) is 25.1 Å². The average Bonchev–Trinajstić information content (AvgIpc) is 3.21. The lowest BCUT2D eigenvalue weighted by Crippen LogP contribution is -2.38. The zero-order chi connectivity index (χ0) is 23.2. The summed E-state index contributed by atoms with van der Waals surface area (Å²) in [5.74, 6) is 0.802. The fraction of sp³-hybridized carbons (Fsp3) is 0.423. The van der Waals surface area contributed by atoms with Crippen LogP contribution in [0.4, 0.5) is 0 Å². The second-order valence-corrected chi connectivity index (χ2v) is 8.62. The molecule has 0 atom stereocenters. The van der Waals surface area contributed by atoms with Crippen LogP contribution in [0.2, 0.25) is 5.22 Å². The first kappa shape index (κ1) is 23.6. The Morgan fingerprint density at radius 1 is 1.09 bits per heavy atom. The number of carbonyl (C=O) groups excluding carboxylic acids is 1. The Bertz CT molecular complexity index is 1090. The summed E-state index contributed by atoms with van der Waals surface area (Å²) in [7, 11) is 0. The van der Waals surface area contributed by atoms with Crippen LogP contribution in [0.25, 0.3) is 11.0 Å². The van der Waals surface area contributed by atoms with Crippen molar-refractivity contribution in [3.8, 4) is 11.5 Å². The normalized spacial score (nSPS) is 14.5. The molecule has 0 N–H and O–H groups in total. The van der Waals surface area contributed by atoms with E-state index in [-0.39, 0.29) is 11.0 Å². The number of halogens is 1. The maximum Gasteiger partial charge on any atom is 0.205 e. The molecule has 1 aliphatic rings. The fourth-order valence-corrected chi connectivity index (χ4v) is 4.41. The summed E-state index contributed by atoms with van der Waals surface area (Å²) < 4.78 is 23.6. The molecular formula is C26H30ClNO5. The number of morpholine rings is 1. The van der Waals surface area contributed by atoms with E-state index in [9.17, 15) is 4.79 Å². The van der Waals surface area contributed by atoms with Gasteiger partial charge in [0.25, 0.3) is 0 Å². The fourth-order valence-electron chi connectivity index (χ4n) is 4.22. The van der Waals surface area contributed by atoms with Crippen LogP contribution in [0.15, 0.2) is 40.8 Å². The molecule has 0 saturated carbocycles. The van der Waals surface area contributed by atoms with Crippen molar-refractivity contribution in [1.82, 2.24) is 4.90 Å². The van der Waals surface area contributed by atoms with Gasteiger partial charge in [0.05, 0.1) is 25.4 Å². The van der Waals surface area contributed by atoms with Crippen molar-refractivity contribution in [2.45, 2.75) is 26.7 Å². The Balaban J connectivity index is 1.57. The average molecular weight is 472 g/mol. The minimum Gasteiger partial charge on any atom is -0.487 e. The van der Waals surface area contributed by atoms with Gasteiger partial charge in [-0.15, -0.1) is 0 Å². The Morgan fingerprint density at radius 3 is 2.55 bits per heavy atom. The number of fused-ring (bicyclic) bond motifs is 1. The highest BCUT2D eigenvalue weighted by molar-refractivity contribution is 6.30. The zero-order valence-electron chi connectivity index (χ0n) is 19.2. The van der Waals surface area contributed by atoms with Gasteiger partial charge >= 0.3 is 0 Å². The minimum absolute atomic E-state index is 0.0813. The molecule has 0 spiro atoms. The van der Waals surface area contributed by atoms with Gasteiger partial charge in [0.1, 0.15) is 6.61 Å². The standard InChI is InChI=1S/C26H30ClNO5/c1-18-21-17-22(27)33-24(21)26(31-13-6-9-20-7-4-3-5-8-20)25(23(18)19(2)29)32-16-12-28-10-14-30-15-11-28/h3-5,7-8,17H,6,9-16H2,1-2H3. The molecule has 6 nitrogen and oxygen atoms in total. The first-order valence-electron chi connectivity index (χ1n) is 11.4. The zero-order valence-corrected chi connectivity index (χ0v) is 20.0. The Labute approximate surface area is 199 Å². The Hall–Kier alpha value is -2.54. The van der Waals surface area contributed by atoms with Crippen molar-refractivity contribution in [3.05, 3.63) is 58.3 Å². The van der Waals surface area contributed by atoms with Gasteiger partial charge in [-0.3, -0.25) is 9.69 Å². The number of ether oxygens (including phenoxy) is 3. The molecular weight excluding hydrogens is 442 g/mol. The van der Waals surface area contributed by atoms with Crippen molar-refractivity contribution in [2.75, 3.05) is 46.1 Å². The lowest BCUT2D eigenvalue weighted by Gasteiger charge is -2.26. The van der Waals surface area contributed by atoms with Gasteiger partial charge in [-0.1, -0.05) is 30.3 Å². The number of Topliss-reactive ketones (excluding diaryl/α,β-unsaturated/α-hetero) is 1. The maximum absolute atomic E-state index is 12.6. The van der Waals surface area contributed by atoms with Crippen LogP contribution in [0.3, 0.4) is 0 Å². The number of aryl methyl sites for hydroxylation is 2. The van der Waals surface area contributed by atoms with E-state index >= 15 is 0 Å². The van der Waals surface area contributed by atoms with Crippen molar-refractivity contribution >= 4 is 28.4 Å². The van der Waals surface area contributed by atoms with Crippen LogP contribution >= 0.6 is 11.6 Å². The summed E-state index contributed by atoms with van der Waals surface area (Å²) in [6, 6.07) is 12.0. The Kier molecular flexibility index (Phi) is 7.91. The summed E-state index contributed by atoms with van der Waals surface area (Å²) in [4.78, 5) is 14.9. The van der Waals surface area contributed by atoms with Gasteiger partial charge in [-0.2, -0.15) is 0 Å². The minimum atomic E-state index is -0.0813. The molecule has 1 aliphatic heterocycles. The highest BCUT2D eigenvalue weighted by Gasteiger charge is 2.26. The molecule has 0 unspecified atom stereocenters. The van der Waals surface area contributed by atoms with Crippen molar-refractivity contribution in [2.24, 2.45) is 0 Å². The van der Waals surface area contributed by atoms with Crippen LogP contribution in [0, 0.1) is 6.92 Å². The third kappa shape index (κ3) is 5.69. The lowest BCUT2D eigenvalue weighted by atomic mass is 9.99. The number of hydrogen-bond acceptors (Lipinski definition) is 6. The number of carbonyl (C=O) groups is 1. The summed E-state index contributed by atoms with van der Waals surface area (Å²) >= 11 is 6.19. The van der Waals surface area contributed by atoms with E-state index < -0.39 is 0 Å². The molecule has 0 aliphatic carbocycles. The summed E-state index contributed by atoms with van der Waals surface area (Å²) in [5.41, 5.74) is 3.07. The number of nitrogens with zero attached hydrogens (tertiary/aromatic N) is 1. The monoisotopic (exact) mass is 471 g/mol. The van der Waals surface area contributed by atoms with Gasteiger partial charge in [0, 0.05) is 31.1 Å². The first-order chi connectivity index (χ1) is 16.0. The van der Waals surface area contributed by atoms with Crippen LogP contribution < -0.4 is 9.47 Å². The molecule has 176 valence electrons. The molecule has 0 amide bonds. The number of ketones is 1. The smallest absolute Gasteiger partial charge is 0.205 e. The van der Waals surface area contributed by atoms with Crippen LogP contribution in [-0.2, 0) is 11.2 Å². The molecule has 0 radical (unpaired) electrons. The maximum atomic E-state index is 12.6. The number of hydrogen-bond donors (Lipinski definition) is 0. The third-order valence-electron chi connectivity index (χ3n) is 5.93. The van der Waals surface area contributed by atoms with Crippen LogP contribution in [0.5, 0.6) is 11.5 Å². The van der Waals surface area contributed by atoms with E-state index in [2.05, 4.69) is 17.0 Å². The van der Waals surface area contributed by atoms with E-state index in [4.69, 9.17) is 30.2 Å². The van der Waals surface area contributed by atoms with Crippen molar-refractivity contribution in [3.63, 3.8) is 0 Å². The molecule has 1 aromatic heterocycles. The third-order valence-corrected chi connectivity index (χ3v) is 6.12. The molecule has 1 saturated heterocycles. The van der Waals surface area contributed by atoms with Crippen LogP contribution in [-0.4, -0.2) is 56.7 Å². The SMILES string of the molecule is CC(=O)c1c(OCCN2CCOCC2)c(OCCCc2ccccc2)c2oc(Cl)cc2c1C. The van der Waals surface area contributed by atoms with Gasteiger partial charge in [0.2, 0.25) is 5.75 Å². The molecule has 2 aromatic carbocycles. The van der Waals surface area contributed by atoms with Crippen LogP contribution in [0.1, 0.15) is 34.8 Å². The summed E-state index contributed by atoms with van der Waals surface area (Å²) in [5, 5.41) is 1.02. The molecule has 33 heavy (non-hydrogen) atoms. The summed E-state index contributed by atoms with van der Waals surface area (Å²) in [6.07, 6.45) is 1.71. The summed E-state index contributed by atoms with van der Waals surface area (Å²) in [6.45, 7) is 8.26. The topological polar surface area (TPSA) is 61.1 Å². The van der Waals surface area contributed by atoms with Gasteiger partial charge in [-0.25, -0.2) is 0 Å². The molecule has 2 heterocycles. The number of rotatable bonds is 10. The second kappa shape index (κ2) is 11.1. The molecule has 1 fully saturated rings. The Morgan fingerprint density at radius 2 is 1.82 bits per heavy atom. The van der Waals surface area contributed by atoms with E-state index in [0.29, 0.717) is 35.9 Å². The van der Waals surface area contributed by atoms with E-state index in [1.165, 1.54) is 5.56 Å². The number of furan rings is 1. The van der Waals surface area contributed by atoms with E-state index in [0.717, 1.165) is 56.6 Å². The van der Waals surface area contributed by atoms with Gasteiger partial charge in [0.15, 0.2) is 22.3 Å². The largest absolute Gasteiger partial charge is 0.487 e. The predicted molar refractivity (Wildman–Crippen MR) is 129 cm³/mol. The molecule has 0 bridgehead atoms. The highest BCUT2D eigenvalue weighted by Crippen LogP contribution is 2.44. The molecule has 3 aromatic rings. The first-order valence-corrected chi connectivity index (χ1v) is 11.8. The highest BCUT2D eigenvalue weighted by atomic mass is 35.5. The predicted octanol–water partition coefficient (Wildman–Crippen LogP) is 5.32. The van der Waals surface area contributed by atoms with Gasteiger partial charge < -0.3 is 18.6 Å². The quantitative estimate of drug-likeness (QED) is 0.294. The molecule has 7 heteroatoms.